The van der Waals surface area contributed by atoms with Crippen LogP contribution in [-0.2, 0) is 23.6 Å². The first kappa shape index (κ1) is 51.3. The third kappa shape index (κ3) is 240. The molecule has 0 aliphatic carbocycles. The van der Waals surface area contributed by atoms with Crippen LogP contribution in [0.5, 0.6) is 0 Å². The summed E-state index contributed by atoms with van der Waals surface area (Å²) in [6.07, 6.45) is 5.41. The van der Waals surface area contributed by atoms with Gasteiger partial charge in [0.1, 0.15) is 0 Å². The van der Waals surface area contributed by atoms with E-state index < -0.39 is 13.4 Å². The zero-order valence-electron chi connectivity index (χ0n) is 16.4. The van der Waals surface area contributed by atoms with Gasteiger partial charge >= 0.3 is 13.4 Å². The average molecular weight is 537 g/mol. The molecule has 0 atom stereocenters. The van der Waals surface area contributed by atoms with Gasteiger partial charge in [0.05, 0.1) is 0 Å². The van der Waals surface area contributed by atoms with Crippen LogP contribution >= 0.6 is 67.4 Å². The fourth-order valence-electron chi connectivity index (χ4n) is 1.15. The molecule has 0 saturated heterocycles. The molecule has 0 unspecified atom stereocenters. The van der Waals surface area contributed by atoms with Crippen molar-refractivity contribution in [3.63, 3.8) is 0 Å². The zero-order valence-corrected chi connectivity index (χ0v) is 23.8. The topological polar surface area (TPSA) is 121 Å². The quantitative estimate of drug-likeness (QED) is 0.301. The minimum atomic E-state index is -3.81. The van der Waals surface area contributed by atoms with E-state index in [1.54, 1.807) is 0 Å². The maximum absolute atomic E-state index is 7.56. The van der Waals surface area contributed by atoms with Crippen molar-refractivity contribution >= 4 is 91.0 Å². The molecule has 0 spiro atoms. The molecule has 0 aliphatic rings. The highest BCUT2D eigenvalue weighted by Gasteiger charge is 1.92. The van der Waals surface area contributed by atoms with Gasteiger partial charge in [-0.3, -0.25) is 0 Å². The molecule has 0 saturated carbocycles. The molecule has 6 N–H and O–H groups in total. The highest BCUT2D eigenvalue weighted by Crippen LogP contribution is 2.26. The van der Waals surface area contributed by atoms with Crippen molar-refractivity contribution in [2.75, 3.05) is 0 Å². The van der Waals surface area contributed by atoms with E-state index in [0.29, 0.717) is 0 Å². The fraction of sp³-hybridized carbons (Fsp3) is 1.00. The molecule has 172 valence electrons. The van der Waals surface area contributed by atoms with E-state index in [0.717, 1.165) is 11.8 Å². The van der Waals surface area contributed by atoms with Crippen LogP contribution in [0, 0.1) is 11.8 Å². The van der Waals surface area contributed by atoms with Crippen molar-refractivity contribution in [3.05, 3.63) is 0 Å². The lowest BCUT2D eigenvalue weighted by Gasteiger charge is -1.95. The van der Waals surface area contributed by atoms with Gasteiger partial charge < -0.3 is 29.4 Å². The summed E-state index contributed by atoms with van der Waals surface area (Å²) in [6, 6.07) is 0. The van der Waals surface area contributed by atoms with Crippen LogP contribution in [0.4, 0.5) is 0 Å². The van der Waals surface area contributed by atoms with Crippen molar-refractivity contribution in [1.29, 1.82) is 0 Å². The van der Waals surface area contributed by atoms with Crippen molar-refractivity contribution in [2.45, 2.75) is 67.2 Å². The van der Waals surface area contributed by atoms with Gasteiger partial charge in [0, 0.05) is 0 Å². The Bertz CT molecular complexity index is 266. The summed E-state index contributed by atoms with van der Waals surface area (Å²) in [4.78, 5) is 45.3. The van der Waals surface area contributed by atoms with Gasteiger partial charge in [-0.05, 0) is 35.4 Å². The Morgan fingerprint density at radius 3 is 0.692 bits per heavy atom. The van der Waals surface area contributed by atoms with Crippen molar-refractivity contribution in [1.82, 2.24) is 0 Å². The van der Waals surface area contributed by atoms with E-state index in [-0.39, 0.29) is 54.0 Å². The molecule has 6 nitrogen and oxygen atoms in total. The fourth-order valence-corrected chi connectivity index (χ4v) is 1.15. The minimum Gasteiger partial charge on any atom is -0.325 e. The second-order valence-electron chi connectivity index (χ2n) is 5.39. The predicted octanol–water partition coefficient (Wildman–Crippen LogP) is 3.71. The van der Waals surface area contributed by atoms with Crippen molar-refractivity contribution < 1.29 is 29.4 Å². The zero-order chi connectivity index (χ0) is 19.0. The smallest absolute Gasteiger partial charge is 0.319 e. The first-order chi connectivity index (χ1) is 9.54. The highest BCUT2D eigenvalue weighted by atomic mass is 32.5. The Hall–Kier alpha value is 2.46. The molecule has 0 aliphatic heterocycles. The summed E-state index contributed by atoms with van der Waals surface area (Å²) < 4.78 is 0. The van der Waals surface area contributed by atoms with Gasteiger partial charge in [-0.25, -0.2) is 0 Å². The monoisotopic (exact) mass is 536 g/mol. The molecule has 0 heterocycles. The third-order valence-corrected chi connectivity index (χ3v) is 1.73. The summed E-state index contributed by atoms with van der Waals surface area (Å²) in [5.74, 6) is 1.80. The Labute approximate surface area is 198 Å². The van der Waals surface area contributed by atoms with Crippen LogP contribution in [0.2, 0.25) is 0 Å². The molecule has 0 aromatic carbocycles. The minimum absolute atomic E-state index is 0. The van der Waals surface area contributed by atoms with Crippen molar-refractivity contribution in [3.8, 4) is 0 Å². The second-order valence-corrected chi connectivity index (χ2v) is 10.4. The maximum atomic E-state index is 7.56. The Balaban J connectivity index is -0.0000000264. The molecule has 0 bridgehead atoms. The van der Waals surface area contributed by atoms with Gasteiger partial charge in [-0.15, -0.1) is 0 Å². The van der Waals surface area contributed by atoms with E-state index in [2.05, 4.69) is 65.2 Å². The lowest BCUT2D eigenvalue weighted by Crippen LogP contribution is -1.81. The highest BCUT2D eigenvalue weighted by molar-refractivity contribution is 8.06. The number of rotatable bonds is 4. The molecular formula is C12H42O6P2S6. The summed E-state index contributed by atoms with van der Waals surface area (Å²) in [5, 5.41) is 0. The largest absolute Gasteiger partial charge is 0.325 e. The van der Waals surface area contributed by atoms with E-state index in [9.17, 15) is 0 Å². The summed E-state index contributed by atoms with van der Waals surface area (Å²) >= 11 is 7.21. The molecular weight excluding hydrogens is 494 g/mol. The van der Waals surface area contributed by atoms with E-state index in [4.69, 9.17) is 29.4 Å². The van der Waals surface area contributed by atoms with Gasteiger partial charge in [-0.2, -0.15) is 54.0 Å². The number of hydrogen-bond acceptors (Lipinski definition) is 2. The average Bonchev–Trinajstić information content (AvgIpc) is 2.11. The first-order valence-corrected chi connectivity index (χ1v) is 12.4. The molecule has 26 heavy (non-hydrogen) atoms. The van der Waals surface area contributed by atoms with Gasteiger partial charge in [0.25, 0.3) is 0 Å². The van der Waals surface area contributed by atoms with Gasteiger partial charge in [0.2, 0.25) is 0 Å². The molecule has 0 fully saturated rings. The molecule has 14 heteroatoms. The van der Waals surface area contributed by atoms with E-state index in [1.807, 2.05) is 0 Å². The first-order valence-electron chi connectivity index (χ1n) is 7.11. The van der Waals surface area contributed by atoms with Crippen LogP contribution in [0.3, 0.4) is 0 Å². The Kier molecular flexibility index (Phi) is 63.4. The summed E-state index contributed by atoms with van der Waals surface area (Å²) in [5.41, 5.74) is 0. The predicted molar refractivity (Wildman–Crippen MR) is 143 cm³/mol. The second kappa shape index (κ2) is 32.1. The standard InChI is InChI=1S/2C6H14.2H3O3PS.4H2S/c2*1-4-5-6(2)3;2*1-4(2,3)5;;;;/h2*6H,4-5H2,1-3H3;2*(H3,1,2,3,5);4*1H2. The summed E-state index contributed by atoms with van der Waals surface area (Å²) in [7, 11) is 0. The van der Waals surface area contributed by atoms with Crippen LogP contribution < -0.4 is 0 Å². The maximum Gasteiger partial charge on any atom is 0.319 e. The van der Waals surface area contributed by atoms with Gasteiger partial charge in [-0.1, -0.05) is 67.2 Å². The Morgan fingerprint density at radius 1 is 0.577 bits per heavy atom. The van der Waals surface area contributed by atoms with E-state index in [1.165, 1.54) is 25.7 Å². The van der Waals surface area contributed by atoms with Crippen LogP contribution in [0.1, 0.15) is 67.2 Å². The number of hydrogen-bond donors (Lipinski definition) is 6. The molecule has 0 aromatic rings. The van der Waals surface area contributed by atoms with Crippen LogP contribution in [0.25, 0.3) is 0 Å². The van der Waals surface area contributed by atoms with E-state index >= 15 is 0 Å². The van der Waals surface area contributed by atoms with Crippen molar-refractivity contribution in [2.24, 2.45) is 11.8 Å². The lowest BCUT2D eigenvalue weighted by molar-refractivity contribution is 0.361. The van der Waals surface area contributed by atoms with Crippen LogP contribution in [-0.4, -0.2) is 29.4 Å². The molecule has 0 aromatic heterocycles. The molecule has 0 radical (unpaired) electrons. The lowest BCUT2D eigenvalue weighted by atomic mass is 10.1. The normalized spacial score (nSPS) is 9.15. The van der Waals surface area contributed by atoms with Crippen LogP contribution in [0.15, 0.2) is 0 Å². The third-order valence-electron chi connectivity index (χ3n) is 1.73. The van der Waals surface area contributed by atoms with Gasteiger partial charge in [0.15, 0.2) is 0 Å². The molecule has 0 amide bonds. The Morgan fingerprint density at radius 2 is 0.692 bits per heavy atom. The molecule has 0 rings (SSSR count). The SMILES string of the molecule is CCCC(C)C.CCCC(C)C.OP(O)(O)=S.OP(O)(O)=S.S.S.S.S. The summed E-state index contributed by atoms with van der Waals surface area (Å²) in [6.45, 7) is 5.85.